The maximum Gasteiger partial charge on any atom is 0.337 e. The van der Waals surface area contributed by atoms with Crippen molar-refractivity contribution in [3.05, 3.63) is 35.4 Å². The third-order valence-electron chi connectivity index (χ3n) is 2.36. The molecule has 0 aromatic heterocycles. The van der Waals surface area contributed by atoms with E-state index >= 15 is 0 Å². The van der Waals surface area contributed by atoms with E-state index < -0.39 is 24.1 Å². The number of carbonyl (C=O) groups excluding carboxylic acids is 2. The Balaban J connectivity index is 2.96. The lowest BCUT2D eigenvalue weighted by Crippen LogP contribution is -2.31. The van der Waals surface area contributed by atoms with E-state index in [-0.39, 0.29) is 11.1 Å². The topological polar surface area (TPSA) is 122 Å². The van der Waals surface area contributed by atoms with E-state index in [0.717, 1.165) is 7.11 Å². The third kappa shape index (κ3) is 3.04. The van der Waals surface area contributed by atoms with Crippen LogP contribution < -0.4 is 11.3 Å². The predicted octanol–water partition coefficient (Wildman–Crippen LogP) is -1.14. The standard InChI is InChI=1S/C11H14N2O5/c1-18-11(17)9(15)8(14)6-3-2-4-7(5-6)10(16)13-12/h2-5,8-9,14-15H,12H2,1H3,(H,13,16). The number of rotatable bonds is 4. The Hall–Kier alpha value is -1.96. The fourth-order valence-corrected chi connectivity index (χ4v) is 1.38. The number of hydrogen-bond donors (Lipinski definition) is 4. The minimum atomic E-state index is -1.72. The van der Waals surface area contributed by atoms with Gasteiger partial charge in [-0.3, -0.25) is 10.2 Å². The summed E-state index contributed by atoms with van der Waals surface area (Å²) in [5.41, 5.74) is 2.34. The van der Waals surface area contributed by atoms with Gasteiger partial charge >= 0.3 is 5.97 Å². The summed E-state index contributed by atoms with van der Waals surface area (Å²) >= 11 is 0. The number of nitrogen functional groups attached to an aromatic ring is 1. The average molecular weight is 254 g/mol. The van der Waals surface area contributed by atoms with Gasteiger partial charge in [-0.25, -0.2) is 10.6 Å². The normalized spacial score (nSPS) is 13.6. The van der Waals surface area contributed by atoms with Crippen molar-refractivity contribution in [2.24, 2.45) is 5.84 Å². The molecule has 1 aromatic rings. The Kier molecular flexibility index (Phi) is 4.78. The summed E-state index contributed by atoms with van der Waals surface area (Å²) in [4.78, 5) is 22.3. The second kappa shape index (κ2) is 6.10. The quantitative estimate of drug-likeness (QED) is 0.233. The number of nitrogens with two attached hydrogens (primary N) is 1. The number of benzene rings is 1. The van der Waals surface area contributed by atoms with E-state index in [1.165, 1.54) is 24.3 Å². The number of aliphatic hydroxyl groups is 2. The first-order valence-electron chi connectivity index (χ1n) is 5.06. The average Bonchev–Trinajstić information content (AvgIpc) is 2.43. The highest BCUT2D eigenvalue weighted by Crippen LogP contribution is 2.19. The Bertz CT molecular complexity index is 449. The van der Waals surface area contributed by atoms with Crippen molar-refractivity contribution in [2.75, 3.05) is 7.11 Å². The zero-order chi connectivity index (χ0) is 13.7. The van der Waals surface area contributed by atoms with E-state index in [1.54, 1.807) is 0 Å². The van der Waals surface area contributed by atoms with Gasteiger partial charge in [-0.1, -0.05) is 12.1 Å². The smallest absolute Gasteiger partial charge is 0.337 e. The molecular weight excluding hydrogens is 240 g/mol. The molecule has 0 spiro atoms. The van der Waals surface area contributed by atoms with Crippen LogP contribution in [0.5, 0.6) is 0 Å². The minimum absolute atomic E-state index is 0.200. The predicted molar refractivity (Wildman–Crippen MR) is 61.1 cm³/mol. The van der Waals surface area contributed by atoms with Gasteiger partial charge in [-0.05, 0) is 17.7 Å². The summed E-state index contributed by atoms with van der Waals surface area (Å²) in [5.74, 6) is 3.47. The van der Waals surface area contributed by atoms with Gasteiger partial charge in [-0.2, -0.15) is 0 Å². The molecule has 0 aliphatic carbocycles. The highest BCUT2D eigenvalue weighted by Gasteiger charge is 2.26. The van der Waals surface area contributed by atoms with Gasteiger partial charge in [-0.15, -0.1) is 0 Å². The molecule has 2 atom stereocenters. The van der Waals surface area contributed by atoms with Gasteiger partial charge in [0.2, 0.25) is 0 Å². The zero-order valence-corrected chi connectivity index (χ0v) is 9.66. The Morgan fingerprint density at radius 2 is 2.06 bits per heavy atom. The Morgan fingerprint density at radius 1 is 1.39 bits per heavy atom. The van der Waals surface area contributed by atoms with Gasteiger partial charge < -0.3 is 14.9 Å². The largest absolute Gasteiger partial charge is 0.467 e. The van der Waals surface area contributed by atoms with Gasteiger partial charge in [0.15, 0.2) is 6.10 Å². The minimum Gasteiger partial charge on any atom is -0.467 e. The van der Waals surface area contributed by atoms with Gasteiger partial charge in [0, 0.05) is 5.56 Å². The van der Waals surface area contributed by atoms with Crippen LogP contribution in [-0.4, -0.2) is 35.3 Å². The molecule has 0 aliphatic heterocycles. The van der Waals surface area contributed by atoms with Gasteiger partial charge in [0.25, 0.3) is 5.91 Å². The number of carbonyl (C=O) groups is 2. The van der Waals surface area contributed by atoms with Crippen LogP contribution in [0.25, 0.3) is 0 Å². The fraction of sp³-hybridized carbons (Fsp3) is 0.273. The molecule has 5 N–H and O–H groups in total. The first kappa shape index (κ1) is 14.1. The first-order chi connectivity index (χ1) is 8.51. The third-order valence-corrected chi connectivity index (χ3v) is 2.36. The molecule has 18 heavy (non-hydrogen) atoms. The van der Waals surface area contributed by atoms with Crippen LogP contribution in [0.1, 0.15) is 22.0 Å². The van der Waals surface area contributed by atoms with Crippen LogP contribution >= 0.6 is 0 Å². The number of aliphatic hydroxyl groups excluding tert-OH is 2. The molecule has 0 saturated carbocycles. The summed E-state index contributed by atoms with van der Waals surface area (Å²) < 4.78 is 4.31. The van der Waals surface area contributed by atoms with Crippen molar-refractivity contribution < 1.29 is 24.5 Å². The van der Waals surface area contributed by atoms with Crippen molar-refractivity contribution in [1.29, 1.82) is 0 Å². The maximum absolute atomic E-state index is 11.3. The molecule has 2 unspecified atom stereocenters. The number of amides is 1. The van der Waals surface area contributed by atoms with E-state index in [4.69, 9.17) is 5.84 Å². The molecular formula is C11H14N2O5. The summed E-state index contributed by atoms with van der Waals surface area (Å²) in [6, 6.07) is 5.75. The van der Waals surface area contributed by atoms with Gasteiger partial charge in [0.05, 0.1) is 7.11 Å². The zero-order valence-electron chi connectivity index (χ0n) is 9.66. The highest BCUT2D eigenvalue weighted by molar-refractivity contribution is 5.93. The number of hydrazine groups is 1. The first-order valence-corrected chi connectivity index (χ1v) is 5.06. The molecule has 0 aliphatic rings. The summed E-state index contributed by atoms with van der Waals surface area (Å²) in [7, 11) is 1.09. The maximum atomic E-state index is 11.3. The molecule has 0 bridgehead atoms. The Morgan fingerprint density at radius 3 is 2.61 bits per heavy atom. The second-order valence-electron chi connectivity index (χ2n) is 3.51. The summed E-state index contributed by atoms with van der Waals surface area (Å²) in [6.45, 7) is 0. The molecule has 0 fully saturated rings. The molecule has 1 rings (SSSR count). The number of nitrogens with one attached hydrogen (secondary N) is 1. The van der Waals surface area contributed by atoms with Crippen LogP contribution in [-0.2, 0) is 9.53 Å². The molecule has 98 valence electrons. The van der Waals surface area contributed by atoms with E-state index in [0.29, 0.717) is 0 Å². The molecule has 0 saturated heterocycles. The van der Waals surface area contributed by atoms with E-state index in [2.05, 4.69) is 4.74 Å². The summed E-state index contributed by atoms with van der Waals surface area (Å²) in [5, 5.41) is 19.2. The van der Waals surface area contributed by atoms with Crippen molar-refractivity contribution in [1.82, 2.24) is 5.43 Å². The summed E-state index contributed by atoms with van der Waals surface area (Å²) in [6.07, 6.45) is -3.20. The van der Waals surface area contributed by atoms with E-state index in [1.807, 2.05) is 5.43 Å². The van der Waals surface area contributed by atoms with Crippen LogP contribution in [0.2, 0.25) is 0 Å². The number of ether oxygens (including phenoxy) is 1. The SMILES string of the molecule is COC(=O)C(O)C(O)c1cccc(C(=O)NN)c1. The fourth-order valence-electron chi connectivity index (χ4n) is 1.38. The number of methoxy groups -OCH3 is 1. The molecule has 7 nitrogen and oxygen atoms in total. The second-order valence-corrected chi connectivity index (χ2v) is 3.51. The van der Waals surface area contributed by atoms with Gasteiger partial charge in [0.1, 0.15) is 6.10 Å². The molecule has 0 heterocycles. The van der Waals surface area contributed by atoms with Crippen LogP contribution in [0.3, 0.4) is 0 Å². The lowest BCUT2D eigenvalue weighted by atomic mass is 10.0. The molecule has 1 amide bonds. The highest BCUT2D eigenvalue weighted by atomic mass is 16.5. The van der Waals surface area contributed by atoms with Crippen LogP contribution in [0, 0.1) is 0 Å². The van der Waals surface area contributed by atoms with Crippen LogP contribution in [0.15, 0.2) is 24.3 Å². The molecule has 1 aromatic carbocycles. The Labute approximate surface area is 103 Å². The van der Waals surface area contributed by atoms with Crippen molar-refractivity contribution >= 4 is 11.9 Å². The monoisotopic (exact) mass is 254 g/mol. The van der Waals surface area contributed by atoms with Crippen molar-refractivity contribution in [3.8, 4) is 0 Å². The van der Waals surface area contributed by atoms with Crippen molar-refractivity contribution in [3.63, 3.8) is 0 Å². The number of hydrogen-bond acceptors (Lipinski definition) is 6. The molecule has 0 radical (unpaired) electrons. The van der Waals surface area contributed by atoms with Crippen LogP contribution in [0.4, 0.5) is 0 Å². The van der Waals surface area contributed by atoms with Crippen molar-refractivity contribution in [2.45, 2.75) is 12.2 Å². The lowest BCUT2D eigenvalue weighted by Gasteiger charge is -2.16. The van der Waals surface area contributed by atoms with E-state index in [9.17, 15) is 19.8 Å². The lowest BCUT2D eigenvalue weighted by molar-refractivity contribution is -0.156. The molecule has 7 heteroatoms. The number of esters is 1.